The van der Waals surface area contributed by atoms with E-state index in [1.54, 1.807) is 14.7 Å². The molecule has 1 unspecified atom stereocenters. The molecule has 0 saturated carbocycles. The molecule has 3 amide bonds. The predicted octanol–water partition coefficient (Wildman–Crippen LogP) is 2.77. The van der Waals surface area contributed by atoms with Gasteiger partial charge in [-0.05, 0) is 43.5 Å². The van der Waals surface area contributed by atoms with Gasteiger partial charge in [-0.3, -0.25) is 14.4 Å². The van der Waals surface area contributed by atoms with Crippen LogP contribution in [-0.4, -0.2) is 71.7 Å². The molecule has 5 atom stereocenters. The number of aryl methyl sites for hydroxylation is 2. The summed E-state index contributed by atoms with van der Waals surface area (Å²) >= 11 is 0. The first-order valence-electron chi connectivity index (χ1n) is 13.6. The third kappa shape index (κ3) is 3.85. The molecule has 0 aliphatic carbocycles. The fourth-order valence-corrected chi connectivity index (χ4v) is 6.89. The summed E-state index contributed by atoms with van der Waals surface area (Å²) < 4.78 is 6.70. The number of fused-ring (bicyclic) bond motifs is 2. The van der Waals surface area contributed by atoms with Gasteiger partial charge in [0.1, 0.15) is 11.6 Å². The van der Waals surface area contributed by atoms with Crippen LogP contribution < -0.4 is 9.80 Å². The van der Waals surface area contributed by atoms with Crippen LogP contribution in [0.1, 0.15) is 17.5 Å². The number of carbonyl (C=O) groups is 3. The quantitative estimate of drug-likeness (QED) is 0.604. The second kappa shape index (κ2) is 9.77. The largest absolute Gasteiger partial charge is 0.396 e. The minimum atomic E-state index is -1.29. The molecular formula is C31H33N3O5. The van der Waals surface area contributed by atoms with Gasteiger partial charge >= 0.3 is 0 Å². The molecule has 202 valence electrons. The lowest BCUT2D eigenvalue weighted by Gasteiger charge is -2.36. The number of carbonyl (C=O) groups excluding carboxylic acids is 3. The number of aliphatic hydroxyl groups excluding tert-OH is 1. The monoisotopic (exact) mass is 527 g/mol. The van der Waals surface area contributed by atoms with Crippen LogP contribution in [0.4, 0.5) is 11.4 Å². The molecule has 0 aromatic heterocycles. The van der Waals surface area contributed by atoms with Crippen LogP contribution >= 0.6 is 0 Å². The lowest BCUT2D eigenvalue weighted by atomic mass is 9.77. The molecule has 2 saturated heterocycles. The van der Waals surface area contributed by atoms with E-state index in [0.717, 1.165) is 22.5 Å². The minimum absolute atomic E-state index is 0.116. The summed E-state index contributed by atoms with van der Waals surface area (Å²) in [5.41, 5.74) is 2.21. The summed E-state index contributed by atoms with van der Waals surface area (Å²) in [7, 11) is 0. The standard InChI is InChI=1S/C31H33N3O5/c1-20-10-6-11-21(2)26(20)33-17-8-15-31-25(29(37)34(18-9-19-35)27(31)30(33)38)24-23(39-31)14-7-16-32(28(24)36)22-12-4-3-5-13-22/h3-8,10-15,23-25,27,35H,9,16-19H2,1-2H3/t23-,24+,25-,27?,31-/m0/s1. The average Bonchev–Trinajstić information content (AvgIpc) is 3.24. The fourth-order valence-electron chi connectivity index (χ4n) is 6.89. The third-order valence-electron chi connectivity index (χ3n) is 8.49. The highest BCUT2D eigenvalue weighted by atomic mass is 16.5. The van der Waals surface area contributed by atoms with E-state index < -0.39 is 29.6 Å². The van der Waals surface area contributed by atoms with E-state index in [1.807, 2.05) is 86.7 Å². The summed E-state index contributed by atoms with van der Waals surface area (Å²) in [4.78, 5) is 47.8. The molecule has 4 aliphatic heterocycles. The van der Waals surface area contributed by atoms with Crippen molar-refractivity contribution in [2.24, 2.45) is 11.8 Å². The second-order valence-electron chi connectivity index (χ2n) is 10.8. The number of anilines is 2. The molecule has 8 nitrogen and oxygen atoms in total. The van der Waals surface area contributed by atoms with Gasteiger partial charge in [-0.25, -0.2) is 0 Å². The SMILES string of the molecule is Cc1cccc(C)c1N1CC=C[C@]23O[C@H]4C=CCN(c5ccccc5)C(=O)[C@H]4[C@H]2C(=O)N(CCCO)C3C1=O. The molecule has 2 fully saturated rings. The maximum Gasteiger partial charge on any atom is 0.253 e. The van der Waals surface area contributed by atoms with Crippen LogP contribution in [0.3, 0.4) is 0 Å². The van der Waals surface area contributed by atoms with E-state index in [-0.39, 0.29) is 30.9 Å². The molecule has 0 radical (unpaired) electrons. The zero-order chi connectivity index (χ0) is 27.3. The predicted molar refractivity (Wildman–Crippen MR) is 147 cm³/mol. The van der Waals surface area contributed by atoms with Crippen LogP contribution in [0.25, 0.3) is 0 Å². The second-order valence-corrected chi connectivity index (χ2v) is 10.8. The van der Waals surface area contributed by atoms with Gasteiger partial charge in [0, 0.05) is 37.6 Å². The van der Waals surface area contributed by atoms with E-state index >= 15 is 0 Å². The molecule has 1 spiro atoms. The number of para-hydroxylation sites is 2. The van der Waals surface area contributed by atoms with Gasteiger partial charge in [-0.15, -0.1) is 0 Å². The van der Waals surface area contributed by atoms with Crippen molar-refractivity contribution in [1.29, 1.82) is 0 Å². The van der Waals surface area contributed by atoms with Crippen molar-refractivity contribution in [3.63, 3.8) is 0 Å². The zero-order valence-corrected chi connectivity index (χ0v) is 22.2. The summed E-state index contributed by atoms with van der Waals surface area (Å²) in [6.45, 7) is 4.73. The van der Waals surface area contributed by atoms with Gasteiger partial charge in [0.2, 0.25) is 11.8 Å². The van der Waals surface area contributed by atoms with E-state index in [1.165, 1.54) is 0 Å². The first-order chi connectivity index (χ1) is 18.9. The smallest absolute Gasteiger partial charge is 0.253 e. The van der Waals surface area contributed by atoms with Crippen LogP contribution in [0.2, 0.25) is 0 Å². The highest BCUT2D eigenvalue weighted by molar-refractivity contribution is 6.07. The van der Waals surface area contributed by atoms with Crippen LogP contribution in [-0.2, 0) is 19.1 Å². The molecule has 1 N–H and O–H groups in total. The fraction of sp³-hybridized carbons (Fsp3) is 0.387. The maximum absolute atomic E-state index is 14.5. The number of hydrogen-bond acceptors (Lipinski definition) is 5. The van der Waals surface area contributed by atoms with E-state index in [9.17, 15) is 19.5 Å². The molecule has 8 heteroatoms. The third-order valence-corrected chi connectivity index (χ3v) is 8.49. The Morgan fingerprint density at radius 2 is 1.62 bits per heavy atom. The Bertz CT molecular complexity index is 1350. The van der Waals surface area contributed by atoms with E-state index in [2.05, 4.69) is 0 Å². The van der Waals surface area contributed by atoms with Crippen molar-refractivity contribution < 1.29 is 24.2 Å². The van der Waals surface area contributed by atoms with Crippen molar-refractivity contribution >= 4 is 29.1 Å². The molecule has 4 aliphatic rings. The minimum Gasteiger partial charge on any atom is -0.396 e. The first-order valence-corrected chi connectivity index (χ1v) is 13.6. The lowest BCUT2D eigenvalue weighted by molar-refractivity contribution is -0.140. The number of amides is 3. The molecular weight excluding hydrogens is 494 g/mol. The maximum atomic E-state index is 14.5. The molecule has 39 heavy (non-hydrogen) atoms. The van der Waals surface area contributed by atoms with E-state index in [0.29, 0.717) is 19.5 Å². The van der Waals surface area contributed by atoms with Gasteiger partial charge in [0.05, 0.1) is 17.9 Å². The normalized spacial score (nSPS) is 29.8. The molecule has 4 heterocycles. The lowest BCUT2D eigenvalue weighted by Crippen LogP contribution is -2.55. The summed E-state index contributed by atoms with van der Waals surface area (Å²) in [6, 6.07) is 14.4. The Hall–Kier alpha value is -3.75. The Labute approximate surface area is 228 Å². The van der Waals surface area contributed by atoms with E-state index in [4.69, 9.17) is 4.74 Å². The average molecular weight is 528 g/mol. The van der Waals surface area contributed by atoms with Crippen molar-refractivity contribution in [1.82, 2.24) is 4.90 Å². The molecule has 2 aromatic rings. The number of hydrogen-bond donors (Lipinski definition) is 1. The zero-order valence-electron chi connectivity index (χ0n) is 22.2. The Morgan fingerprint density at radius 1 is 0.897 bits per heavy atom. The van der Waals surface area contributed by atoms with Crippen molar-refractivity contribution in [2.45, 2.75) is 38.0 Å². The number of rotatable bonds is 5. The number of benzene rings is 2. The molecule has 0 bridgehead atoms. The van der Waals surface area contributed by atoms with Gasteiger partial charge in [0.25, 0.3) is 5.91 Å². The van der Waals surface area contributed by atoms with Crippen LogP contribution in [0.5, 0.6) is 0 Å². The number of likely N-dealkylation sites (tertiary alicyclic amines) is 1. The highest BCUT2D eigenvalue weighted by Gasteiger charge is 2.71. The molecule has 6 rings (SSSR count). The molecule has 2 aromatic carbocycles. The number of nitrogens with zero attached hydrogens (tertiary/aromatic N) is 3. The number of ether oxygens (including phenoxy) is 1. The van der Waals surface area contributed by atoms with Gasteiger partial charge < -0.3 is 24.5 Å². The van der Waals surface area contributed by atoms with Gasteiger partial charge in [-0.2, -0.15) is 0 Å². The number of aliphatic hydroxyl groups is 1. The van der Waals surface area contributed by atoms with Crippen molar-refractivity contribution in [3.05, 3.63) is 84.0 Å². The highest BCUT2D eigenvalue weighted by Crippen LogP contribution is 2.54. The van der Waals surface area contributed by atoms with Crippen LogP contribution in [0.15, 0.2) is 72.8 Å². The van der Waals surface area contributed by atoms with Gasteiger partial charge in [0.15, 0.2) is 0 Å². The summed E-state index contributed by atoms with van der Waals surface area (Å²) in [5.74, 6) is -2.34. The van der Waals surface area contributed by atoms with Gasteiger partial charge in [-0.1, -0.05) is 60.7 Å². The van der Waals surface area contributed by atoms with Crippen molar-refractivity contribution in [3.8, 4) is 0 Å². The summed E-state index contributed by atoms with van der Waals surface area (Å²) in [5, 5.41) is 9.61. The van der Waals surface area contributed by atoms with Crippen molar-refractivity contribution in [2.75, 3.05) is 36.0 Å². The topological polar surface area (TPSA) is 90.4 Å². The summed E-state index contributed by atoms with van der Waals surface area (Å²) in [6.07, 6.45) is 7.21. The van der Waals surface area contributed by atoms with Crippen LogP contribution in [0, 0.1) is 25.7 Å². The Morgan fingerprint density at radius 3 is 2.33 bits per heavy atom. The first kappa shape index (κ1) is 25.5. The Balaban J connectivity index is 1.45. The Kier molecular flexibility index (Phi) is 6.40.